The number of aryl methyl sites for hydroxylation is 1. The van der Waals surface area contributed by atoms with Crippen molar-refractivity contribution in [3.05, 3.63) is 54.4 Å². The monoisotopic (exact) mass is 471 g/mol. The van der Waals surface area contributed by atoms with Gasteiger partial charge in [-0.1, -0.05) is 6.92 Å². The molecule has 2 N–H and O–H groups in total. The maximum Gasteiger partial charge on any atom is 0.227 e. The molecule has 2 aliphatic rings. The molecule has 4 heterocycles. The summed E-state index contributed by atoms with van der Waals surface area (Å²) in [5.74, 6) is 1.09. The Morgan fingerprint density at radius 3 is 2.60 bits per heavy atom. The first-order valence-corrected chi connectivity index (χ1v) is 11.9. The molecule has 2 aliphatic heterocycles. The summed E-state index contributed by atoms with van der Waals surface area (Å²) in [6, 6.07) is 12.4. The maximum absolute atomic E-state index is 12.2. The first kappa shape index (κ1) is 22.8. The molecule has 0 saturated carbocycles. The number of carbonyl (C=O) groups is 2. The van der Waals surface area contributed by atoms with E-state index in [2.05, 4.69) is 54.4 Å². The Morgan fingerprint density at radius 2 is 1.94 bits per heavy atom. The Hall–Kier alpha value is -4.01. The number of aromatic nitrogens is 3. The van der Waals surface area contributed by atoms with Crippen molar-refractivity contribution >= 4 is 35.0 Å². The van der Waals surface area contributed by atoms with Gasteiger partial charge < -0.3 is 20.4 Å². The number of hydrogen-bond acceptors (Lipinski definition) is 7. The Balaban J connectivity index is 1.28. The van der Waals surface area contributed by atoms with Crippen molar-refractivity contribution in [3.8, 4) is 11.3 Å². The molecule has 2 fully saturated rings. The van der Waals surface area contributed by atoms with Crippen LogP contribution in [0, 0.1) is 6.92 Å². The predicted octanol–water partition coefficient (Wildman–Crippen LogP) is 3.75. The van der Waals surface area contributed by atoms with Crippen molar-refractivity contribution in [1.29, 1.82) is 0 Å². The van der Waals surface area contributed by atoms with E-state index in [0.29, 0.717) is 30.3 Å². The molecule has 2 saturated heterocycles. The van der Waals surface area contributed by atoms with Gasteiger partial charge in [0.15, 0.2) is 0 Å². The number of rotatable bonds is 6. The molecule has 180 valence electrons. The first-order valence-electron chi connectivity index (χ1n) is 11.9. The fourth-order valence-corrected chi connectivity index (χ4v) is 5.03. The van der Waals surface area contributed by atoms with Gasteiger partial charge in [0, 0.05) is 61.8 Å². The predicted molar refractivity (Wildman–Crippen MR) is 136 cm³/mol. The lowest BCUT2D eigenvalue weighted by atomic mass is 10.1. The van der Waals surface area contributed by atoms with Gasteiger partial charge in [-0.25, -0.2) is 15.0 Å². The van der Waals surface area contributed by atoms with Crippen LogP contribution in [0.15, 0.2) is 48.8 Å². The van der Waals surface area contributed by atoms with Crippen LogP contribution in [0.2, 0.25) is 0 Å². The highest BCUT2D eigenvalue weighted by Crippen LogP contribution is 2.37. The lowest BCUT2D eigenvalue weighted by Gasteiger charge is -2.36. The minimum Gasteiger partial charge on any atom is -0.364 e. The second-order valence-electron chi connectivity index (χ2n) is 9.10. The fraction of sp³-hybridized carbons (Fsp3) is 0.346. The van der Waals surface area contributed by atoms with E-state index in [-0.39, 0.29) is 11.8 Å². The quantitative estimate of drug-likeness (QED) is 0.564. The van der Waals surface area contributed by atoms with Gasteiger partial charge in [0.1, 0.15) is 5.82 Å². The molecule has 2 amide bonds. The van der Waals surface area contributed by atoms with E-state index >= 15 is 0 Å². The van der Waals surface area contributed by atoms with Crippen LogP contribution < -0.4 is 15.5 Å². The van der Waals surface area contributed by atoms with E-state index < -0.39 is 0 Å². The Kier molecular flexibility index (Phi) is 6.07. The average molecular weight is 472 g/mol. The summed E-state index contributed by atoms with van der Waals surface area (Å²) in [5, 5.41) is 5.96. The fourth-order valence-electron chi connectivity index (χ4n) is 5.03. The second-order valence-corrected chi connectivity index (χ2v) is 9.10. The third-order valence-corrected chi connectivity index (χ3v) is 6.64. The van der Waals surface area contributed by atoms with Gasteiger partial charge in [0.2, 0.25) is 17.8 Å². The van der Waals surface area contributed by atoms with Crippen LogP contribution in [0.3, 0.4) is 0 Å². The molecular formula is C26H29N7O2. The lowest BCUT2D eigenvalue weighted by Crippen LogP contribution is -2.48. The van der Waals surface area contributed by atoms with Crippen molar-refractivity contribution in [2.24, 2.45) is 0 Å². The Bertz CT molecular complexity index is 1260. The van der Waals surface area contributed by atoms with Gasteiger partial charge in [-0.05, 0) is 55.3 Å². The molecular weight excluding hydrogens is 442 g/mol. The van der Waals surface area contributed by atoms with Crippen molar-refractivity contribution in [3.63, 3.8) is 0 Å². The second kappa shape index (κ2) is 9.32. The highest BCUT2D eigenvalue weighted by atomic mass is 16.2. The van der Waals surface area contributed by atoms with Gasteiger partial charge in [-0.3, -0.25) is 9.59 Å². The zero-order chi connectivity index (χ0) is 24.5. The van der Waals surface area contributed by atoms with Crippen LogP contribution in [0.25, 0.3) is 11.3 Å². The van der Waals surface area contributed by atoms with Gasteiger partial charge >= 0.3 is 0 Å². The molecule has 2 unspecified atom stereocenters. The summed E-state index contributed by atoms with van der Waals surface area (Å²) in [7, 11) is 0. The van der Waals surface area contributed by atoms with Crippen molar-refractivity contribution in [1.82, 2.24) is 19.9 Å². The minimum atomic E-state index is -0.161. The van der Waals surface area contributed by atoms with Crippen molar-refractivity contribution < 1.29 is 9.59 Å². The van der Waals surface area contributed by atoms with Crippen LogP contribution in [0.4, 0.5) is 23.1 Å². The first-order chi connectivity index (χ1) is 16.9. The number of pyridine rings is 1. The van der Waals surface area contributed by atoms with Crippen LogP contribution in [0.1, 0.15) is 32.3 Å². The van der Waals surface area contributed by atoms with Gasteiger partial charge in [0.05, 0.1) is 11.7 Å². The summed E-state index contributed by atoms with van der Waals surface area (Å²) in [5.41, 5.74) is 4.86. The van der Waals surface area contributed by atoms with Crippen LogP contribution in [-0.4, -0.2) is 56.8 Å². The van der Waals surface area contributed by atoms with E-state index in [1.165, 1.54) is 18.2 Å². The third kappa shape index (κ3) is 4.66. The van der Waals surface area contributed by atoms with Crippen molar-refractivity contribution in [2.75, 3.05) is 28.6 Å². The molecule has 35 heavy (non-hydrogen) atoms. The Morgan fingerprint density at radius 1 is 1.09 bits per heavy atom. The van der Waals surface area contributed by atoms with E-state index in [9.17, 15) is 9.59 Å². The summed E-state index contributed by atoms with van der Waals surface area (Å²) in [6.45, 7) is 7.20. The molecule has 1 aromatic carbocycles. The third-order valence-electron chi connectivity index (χ3n) is 6.64. The van der Waals surface area contributed by atoms with Gasteiger partial charge in [-0.2, -0.15) is 0 Å². The van der Waals surface area contributed by atoms with E-state index in [4.69, 9.17) is 0 Å². The number of hydrogen-bond donors (Lipinski definition) is 2. The summed E-state index contributed by atoms with van der Waals surface area (Å²) in [4.78, 5) is 41.1. The van der Waals surface area contributed by atoms with Gasteiger partial charge in [0.25, 0.3) is 0 Å². The molecule has 2 bridgehead atoms. The van der Waals surface area contributed by atoms with E-state index in [0.717, 1.165) is 36.5 Å². The number of carbonyl (C=O) groups excluding carboxylic acids is 2. The van der Waals surface area contributed by atoms with E-state index in [1.54, 1.807) is 18.5 Å². The van der Waals surface area contributed by atoms with E-state index in [1.807, 2.05) is 25.1 Å². The number of nitrogens with zero attached hydrogens (tertiary/aromatic N) is 5. The summed E-state index contributed by atoms with van der Waals surface area (Å²) >= 11 is 0. The molecule has 9 heteroatoms. The average Bonchev–Trinajstić information content (AvgIpc) is 3.45. The molecule has 3 aromatic rings. The molecule has 5 rings (SSSR count). The van der Waals surface area contributed by atoms with Crippen LogP contribution in [0.5, 0.6) is 0 Å². The number of nitrogens with one attached hydrogen (secondary N) is 2. The molecule has 9 nitrogen and oxygen atoms in total. The normalized spacial score (nSPS) is 18.6. The SMILES string of the molecule is CCC(=O)N1CC2CC1CN2c1ccc(Nc2nccc(-c3ccc(NC(C)=O)nc3)n2)cc1C. The summed E-state index contributed by atoms with van der Waals surface area (Å²) in [6.07, 6.45) is 5.00. The van der Waals surface area contributed by atoms with Gasteiger partial charge in [-0.15, -0.1) is 0 Å². The number of benzene rings is 1. The number of likely N-dealkylation sites (tertiary alicyclic amines) is 1. The van der Waals surface area contributed by atoms with Crippen LogP contribution >= 0.6 is 0 Å². The number of amides is 2. The molecule has 2 atom stereocenters. The highest BCUT2D eigenvalue weighted by molar-refractivity contribution is 5.87. The van der Waals surface area contributed by atoms with Crippen molar-refractivity contribution in [2.45, 2.75) is 45.7 Å². The lowest BCUT2D eigenvalue weighted by molar-refractivity contribution is -0.131. The van der Waals surface area contributed by atoms with Crippen LogP contribution in [-0.2, 0) is 9.59 Å². The number of piperazine rings is 1. The molecule has 2 aromatic heterocycles. The smallest absolute Gasteiger partial charge is 0.227 e. The minimum absolute atomic E-state index is 0.161. The molecule has 0 radical (unpaired) electrons. The molecule has 0 aliphatic carbocycles. The largest absolute Gasteiger partial charge is 0.364 e. The zero-order valence-corrected chi connectivity index (χ0v) is 20.2. The number of fused-ring (bicyclic) bond motifs is 2. The summed E-state index contributed by atoms with van der Waals surface area (Å²) < 4.78 is 0. The standard InChI is InChI=1S/C26H29N7O2/c1-4-25(35)33-15-20-12-21(33)14-32(20)23-7-6-19(11-16(23)2)30-26-27-10-9-22(31-26)18-5-8-24(28-13-18)29-17(3)34/h5-11,13,20-21H,4,12,14-15H2,1-3H3,(H,27,30,31)(H,28,29,34). The zero-order valence-electron chi connectivity index (χ0n) is 20.2. The highest BCUT2D eigenvalue weighted by Gasteiger charge is 2.45. The molecule has 0 spiro atoms. The Labute approximate surface area is 204 Å². The maximum atomic E-state index is 12.2. The topological polar surface area (TPSA) is 103 Å². The number of anilines is 4.